The normalized spacial score (nSPS) is 15.3. The number of hydrogen-bond donors (Lipinski definition) is 2. The molecule has 0 aliphatic rings. The molecule has 4 nitrogen and oxygen atoms in total. The van der Waals surface area contributed by atoms with E-state index in [1.54, 1.807) is 6.92 Å². The predicted molar refractivity (Wildman–Crippen MR) is 57.3 cm³/mol. The van der Waals surface area contributed by atoms with Crippen molar-refractivity contribution in [1.29, 1.82) is 0 Å². The molecule has 0 aromatic rings. The van der Waals surface area contributed by atoms with Gasteiger partial charge in [-0.05, 0) is 26.3 Å². The minimum Gasteiger partial charge on any atom is -0.465 e. The molecular formula is C8H16Cl2N2O2. The van der Waals surface area contributed by atoms with Crippen LogP contribution in [-0.2, 0) is 9.53 Å². The molecule has 14 heavy (non-hydrogen) atoms. The van der Waals surface area contributed by atoms with E-state index in [9.17, 15) is 4.79 Å². The smallest absolute Gasteiger partial charge is 0.328 e. The lowest BCUT2D eigenvalue weighted by atomic mass is 9.97. The third kappa shape index (κ3) is 3.61. The minimum atomic E-state index is -1.35. The second-order valence-corrected chi connectivity index (χ2v) is 4.05. The fraction of sp³-hybridized carbons (Fsp3) is 0.875. The Morgan fingerprint density at radius 3 is 2.50 bits per heavy atom. The molecule has 1 atom stereocenters. The lowest BCUT2D eigenvalue weighted by Crippen LogP contribution is -2.54. The molecule has 0 radical (unpaired) electrons. The van der Waals surface area contributed by atoms with E-state index in [1.807, 2.05) is 0 Å². The monoisotopic (exact) mass is 242 g/mol. The van der Waals surface area contributed by atoms with Crippen LogP contribution in [0.1, 0.15) is 19.8 Å². The van der Waals surface area contributed by atoms with Crippen LogP contribution in [0.4, 0.5) is 0 Å². The second-order valence-electron chi connectivity index (χ2n) is 2.95. The van der Waals surface area contributed by atoms with Gasteiger partial charge in [-0.3, -0.25) is 0 Å². The summed E-state index contributed by atoms with van der Waals surface area (Å²) >= 11 is 11.3. The topological polar surface area (TPSA) is 78.3 Å². The Labute approximate surface area is 93.9 Å². The van der Waals surface area contributed by atoms with Crippen LogP contribution in [0.5, 0.6) is 0 Å². The van der Waals surface area contributed by atoms with Gasteiger partial charge in [0, 0.05) is 0 Å². The van der Waals surface area contributed by atoms with Crippen LogP contribution in [0.25, 0.3) is 0 Å². The van der Waals surface area contributed by atoms with Crippen molar-refractivity contribution in [2.45, 2.75) is 30.1 Å². The molecule has 0 spiro atoms. The maximum atomic E-state index is 11.5. The Hall–Kier alpha value is -0.0300. The molecule has 0 saturated carbocycles. The van der Waals surface area contributed by atoms with Gasteiger partial charge in [0.05, 0.1) is 6.61 Å². The summed E-state index contributed by atoms with van der Waals surface area (Å²) in [6, 6.07) is 0. The van der Waals surface area contributed by atoms with Crippen molar-refractivity contribution in [2.24, 2.45) is 11.5 Å². The SMILES string of the molecule is CCOC(=O)[C@](N)(CCCN)C(Cl)Cl. The number of alkyl halides is 2. The van der Waals surface area contributed by atoms with E-state index >= 15 is 0 Å². The maximum absolute atomic E-state index is 11.5. The molecule has 0 unspecified atom stereocenters. The number of hydrogen-bond acceptors (Lipinski definition) is 4. The highest BCUT2D eigenvalue weighted by atomic mass is 35.5. The first-order valence-electron chi connectivity index (χ1n) is 4.43. The lowest BCUT2D eigenvalue weighted by molar-refractivity contribution is -0.149. The molecule has 0 bridgehead atoms. The Bertz CT molecular complexity index is 190. The lowest BCUT2D eigenvalue weighted by Gasteiger charge is -2.27. The zero-order valence-corrected chi connectivity index (χ0v) is 9.64. The molecule has 0 aliphatic heterocycles. The first-order valence-corrected chi connectivity index (χ1v) is 5.30. The van der Waals surface area contributed by atoms with Crippen LogP contribution in [0, 0.1) is 0 Å². The molecule has 0 saturated heterocycles. The average Bonchev–Trinajstić information content (AvgIpc) is 2.14. The van der Waals surface area contributed by atoms with Crippen LogP contribution < -0.4 is 11.5 Å². The fourth-order valence-electron chi connectivity index (χ4n) is 0.960. The molecule has 0 aromatic heterocycles. The first kappa shape index (κ1) is 14.0. The summed E-state index contributed by atoms with van der Waals surface area (Å²) in [6.45, 7) is 2.37. The Morgan fingerprint density at radius 1 is 1.57 bits per heavy atom. The third-order valence-corrected chi connectivity index (χ3v) is 2.62. The predicted octanol–water partition coefficient (Wildman–Crippen LogP) is 0.790. The van der Waals surface area contributed by atoms with Crippen molar-refractivity contribution in [1.82, 2.24) is 0 Å². The highest BCUT2D eigenvalue weighted by Gasteiger charge is 2.41. The summed E-state index contributed by atoms with van der Waals surface area (Å²) < 4.78 is 4.79. The molecule has 6 heteroatoms. The van der Waals surface area contributed by atoms with Crippen molar-refractivity contribution >= 4 is 29.2 Å². The van der Waals surface area contributed by atoms with Gasteiger partial charge in [-0.25, -0.2) is 4.79 Å². The maximum Gasteiger partial charge on any atom is 0.328 e. The number of carbonyl (C=O) groups excluding carboxylic acids is 1. The average molecular weight is 243 g/mol. The fourth-order valence-corrected chi connectivity index (χ4v) is 1.36. The van der Waals surface area contributed by atoms with Crippen molar-refractivity contribution in [3.63, 3.8) is 0 Å². The third-order valence-electron chi connectivity index (χ3n) is 1.84. The van der Waals surface area contributed by atoms with Crippen molar-refractivity contribution in [3.05, 3.63) is 0 Å². The Kier molecular flexibility index (Phi) is 6.44. The van der Waals surface area contributed by atoms with Gasteiger partial charge in [-0.2, -0.15) is 0 Å². The highest BCUT2D eigenvalue weighted by molar-refractivity contribution is 6.46. The van der Waals surface area contributed by atoms with E-state index in [1.165, 1.54) is 0 Å². The second kappa shape index (κ2) is 6.45. The minimum absolute atomic E-state index is 0.251. The first-order chi connectivity index (χ1) is 6.49. The molecule has 4 N–H and O–H groups in total. The molecule has 0 aromatic carbocycles. The Balaban J connectivity index is 4.45. The molecule has 0 amide bonds. The summed E-state index contributed by atoms with van der Waals surface area (Å²) in [5.41, 5.74) is 9.73. The van der Waals surface area contributed by atoms with Gasteiger partial charge in [0.2, 0.25) is 0 Å². The molecular weight excluding hydrogens is 227 g/mol. The molecule has 0 fully saturated rings. The van der Waals surface area contributed by atoms with E-state index in [2.05, 4.69) is 0 Å². The van der Waals surface area contributed by atoms with Gasteiger partial charge in [-0.15, -0.1) is 23.2 Å². The molecule has 0 heterocycles. The van der Waals surface area contributed by atoms with E-state index in [4.69, 9.17) is 39.4 Å². The van der Waals surface area contributed by atoms with Gasteiger partial charge in [0.25, 0.3) is 0 Å². The quantitative estimate of drug-likeness (QED) is 0.534. The van der Waals surface area contributed by atoms with Gasteiger partial charge in [-0.1, -0.05) is 0 Å². The number of nitrogens with two attached hydrogens (primary N) is 2. The van der Waals surface area contributed by atoms with Crippen LogP contribution in [0.3, 0.4) is 0 Å². The summed E-state index contributed by atoms with van der Waals surface area (Å²) in [7, 11) is 0. The number of carbonyl (C=O) groups is 1. The highest BCUT2D eigenvalue weighted by Crippen LogP contribution is 2.24. The van der Waals surface area contributed by atoms with E-state index in [-0.39, 0.29) is 6.61 Å². The number of halogens is 2. The van der Waals surface area contributed by atoms with Crippen molar-refractivity contribution in [2.75, 3.05) is 13.2 Å². The van der Waals surface area contributed by atoms with Gasteiger partial charge in [0.1, 0.15) is 10.4 Å². The van der Waals surface area contributed by atoms with Crippen LogP contribution in [-0.4, -0.2) is 29.5 Å². The van der Waals surface area contributed by atoms with Crippen molar-refractivity contribution < 1.29 is 9.53 Å². The van der Waals surface area contributed by atoms with E-state index < -0.39 is 16.3 Å². The van der Waals surface area contributed by atoms with Crippen LogP contribution in [0.2, 0.25) is 0 Å². The van der Waals surface area contributed by atoms with E-state index in [0.29, 0.717) is 19.4 Å². The molecule has 0 rings (SSSR count). The Morgan fingerprint density at radius 2 is 2.14 bits per heavy atom. The zero-order valence-electron chi connectivity index (χ0n) is 8.13. The largest absolute Gasteiger partial charge is 0.465 e. The summed E-state index contributed by atoms with van der Waals surface area (Å²) in [5, 5.41) is 0. The summed E-state index contributed by atoms with van der Waals surface area (Å²) in [6.07, 6.45) is 0.894. The van der Waals surface area contributed by atoms with Gasteiger partial charge >= 0.3 is 5.97 Å². The van der Waals surface area contributed by atoms with E-state index in [0.717, 1.165) is 0 Å². The molecule has 0 aliphatic carbocycles. The standard InChI is InChI=1S/C8H16Cl2N2O2/c1-2-14-7(13)8(12,6(9)10)4-3-5-11/h6H,2-5,11-12H2,1H3/t8-/m0/s1. The summed E-state index contributed by atoms with van der Waals surface area (Å²) in [4.78, 5) is 10.5. The van der Waals surface area contributed by atoms with Crippen molar-refractivity contribution in [3.8, 4) is 0 Å². The summed E-state index contributed by atoms with van der Waals surface area (Å²) in [5.74, 6) is -0.580. The molecule has 84 valence electrons. The number of esters is 1. The van der Waals surface area contributed by atoms with Crippen LogP contribution in [0.15, 0.2) is 0 Å². The number of ether oxygens (including phenoxy) is 1. The zero-order chi connectivity index (χ0) is 11.2. The van der Waals surface area contributed by atoms with Gasteiger partial charge in [0.15, 0.2) is 0 Å². The number of rotatable bonds is 6. The van der Waals surface area contributed by atoms with Crippen LogP contribution >= 0.6 is 23.2 Å². The van der Waals surface area contributed by atoms with Gasteiger partial charge < -0.3 is 16.2 Å².